The summed E-state index contributed by atoms with van der Waals surface area (Å²) in [5, 5.41) is 2.91. The first-order valence-electron chi connectivity index (χ1n) is 6.79. The summed E-state index contributed by atoms with van der Waals surface area (Å²) in [6, 6.07) is 9.57. The fourth-order valence-corrected chi connectivity index (χ4v) is 2.25. The van der Waals surface area contributed by atoms with Crippen molar-refractivity contribution in [3.8, 4) is 0 Å². The third-order valence-electron chi connectivity index (χ3n) is 3.67. The van der Waals surface area contributed by atoms with Crippen molar-refractivity contribution >= 4 is 12.5 Å². The molecule has 2 amide bonds. The molecule has 1 aliphatic heterocycles. The van der Waals surface area contributed by atoms with Crippen LogP contribution < -0.4 is 5.32 Å². The van der Waals surface area contributed by atoms with Crippen LogP contribution in [0.1, 0.15) is 25.3 Å². The van der Waals surface area contributed by atoms with Gasteiger partial charge in [-0.05, 0) is 25.3 Å². The zero-order valence-corrected chi connectivity index (χ0v) is 11.7. The highest BCUT2D eigenvalue weighted by Gasteiger charge is 2.31. The molecule has 1 aromatic rings. The van der Waals surface area contributed by atoms with Gasteiger partial charge in [0.05, 0.1) is 0 Å². The topological polar surface area (TPSA) is 58.6 Å². The van der Waals surface area contributed by atoms with Crippen LogP contribution in [0.3, 0.4) is 0 Å². The summed E-state index contributed by atoms with van der Waals surface area (Å²) < 4.78 is 5.22. The van der Waals surface area contributed by atoms with Crippen LogP contribution in [0.15, 0.2) is 30.3 Å². The smallest absolute Gasteiger partial charge is 0.407 e. The Morgan fingerprint density at radius 1 is 1.35 bits per heavy atom. The molecule has 0 saturated carbocycles. The minimum absolute atomic E-state index is 0.267. The lowest BCUT2D eigenvalue weighted by molar-refractivity contribution is -0.119. The van der Waals surface area contributed by atoms with Gasteiger partial charge in [-0.2, -0.15) is 0 Å². The Morgan fingerprint density at radius 3 is 2.60 bits per heavy atom. The first kappa shape index (κ1) is 14.4. The van der Waals surface area contributed by atoms with Gasteiger partial charge in [-0.25, -0.2) is 4.79 Å². The van der Waals surface area contributed by atoms with Gasteiger partial charge in [-0.3, -0.25) is 4.79 Å². The van der Waals surface area contributed by atoms with E-state index in [4.69, 9.17) is 4.74 Å². The number of alkyl carbamates (subject to hydrolysis) is 1. The number of benzene rings is 1. The summed E-state index contributed by atoms with van der Waals surface area (Å²) in [4.78, 5) is 24.2. The van der Waals surface area contributed by atoms with E-state index in [-0.39, 0.29) is 12.1 Å². The molecule has 1 heterocycles. The molecule has 1 aliphatic rings. The zero-order valence-electron chi connectivity index (χ0n) is 11.7. The minimum Gasteiger partial charge on any atom is -0.445 e. The van der Waals surface area contributed by atoms with Gasteiger partial charge in [0.15, 0.2) is 0 Å². The van der Waals surface area contributed by atoms with E-state index in [9.17, 15) is 9.59 Å². The summed E-state index contributed by atoms with van der Waals surface area (Å²) in [6.07, 6.45) is 1.93. The van der Waals surface area contributed by atoms with Crippen molar-refractivity contribution < 1.29 is 14.3 Å². The molecule has 0 aromatic heterocycles. The quantitative estimate of drug-likeness (QED) is 0.855. The van der Waals surface area contributed by atoms with Crippen LogP contribution in [0, 0.1) is 0 Å². The molecule has 1 fully saturated rings. The number of hydrogen-bond acceptors (Lipinski definition) is 3. The fraction of sp³-hybridized carbons (Fsp3) is 0.467. The molecule has 1 aromatic carbocycles. The van der Waals surface area contributed by atoms with Crippen LogP contribution >= 0.6 is 0 Å². The Hall–Kier alpha value is -2.04. The lowest BCUT2D eigenvalue weighted by atomic mass is 9.90. The zero-order chi connectivity index (χ0) is 14.4. The SMILES string of the molecule is CC1(NC(=O)OCc2ccccc2)CCN(C=O)CC1. The third kappa shape index (κ3) is 3.98. The van der Waals surface area contributed by atoms with Crippen molar-refractivity contribution in [2.24, 2.45) is 0 Å². The standard InChI is InChI=1S/C15H20N2O3/c1-15(7-9-17(12-18)10-8-15)16-14(19)20-11-13-5-3-2-4-6-13/h2-6,12H,7-11H2,1H3,(H,16,19). The number of piperidine rings is 1. The van der Waals surface area contributed by atoms with E-state index >= 15 is 0 Å². The van der Waals surface area contributed by atoms with Gasteiger partial charge in [0.1, 0.15) is 6.61 Å². The highest BCUT2D eigenvalue weighted by atomic mass is 16.5. The van der Waals surface area contributed by atoms with E-state index in [0.29, 0.717) is 13.1 Å². The van der Waals surface area contributed by atoms with E-state index in [1.807, 2.05) is 37.3 Å². The molecule has 1 N–H and O–H groups in total. The van der Waals surface area contributed by atoms with Gasteiger partial charge >= 0.3 is 6.09 Å². The van der Waals surface area contributed by atoms with Crippen molar-refractivity contribution in [3.05, 3.63) is 35.9 Å². The van der Waals surface area contributed by atoms with Crippen LogP contribution in [0.25, 0.3) is 0 Å². The normalized spacial score (nSPS) is 17.4. The van der Waals surface area contributed by atoms with Crippen molar-refractivity contribution in [1.29, 1.82) is 0 Å². The van der Waals surface area contributed by atoms with Gasteiger partial charge in [0.25, 0.3) is 0 Å². The predicted molar refractivity (Wildman–Crippen MR) is 75.0 cm³/mol. The monoisotopic (exact) mass is 276 g/mol. The molecular weight excluding hydrogens is 256 g/mol. The molecule has 2 rings (SSSR count). The number of carbonyl (C=O) groups excluding carboxylic acids is 2. The van der Waals surface area contributed by atoms with Crippen LogP contribution in [-0.4, -0.2) is 36.0 Å². The van der Waals surface area contributed by atoms with E-state index in [0.717, 1.165) is 24.8 Å². The van der Waals surface area contributed by atoms with Gasteiger partial charge in [-0.15, -0.1) is 0 Å². The summed E-state index contributed by atoms with van der Waals surface area (Å²) in [7, 11) is 0. The first-order chi connectivity index (χ1) is 9.61. The number of hydrogen-bond donors (Lipinski definition) is 1. The van der Waals surface area contributed by atoms with E-state index in [2.05, 4.69) is 5.32 Å². The molecular formula is C15H20N2O3. The van der Waals surface area contributed by atoms with Gasteiger partial charge in [-0.1, -0.05) is 30.3 Å². The van der Waals surface area contributed by atoms with Crippen LogP contribution in [0.5, 0.6) is 0 Å². The van der Waals surface area contributed by atoms with Crippen molar-refractivity contribution in [2.45, 2.75) is 31.9 Å². The maximum atomic E-state index is 11.8. The molecule has 108 valence electrons. The highest BCUT2D eigenvalue weighted by molar-refractivity contribution is 5.68. The second-order valence-electron chi connectivity index (χ2n) is 5.39. The number of amides is 2. The molecule has 0 spiro atoms. The molecule has 1 saturated heterocycles. The summed E-state index contributed by atoms with van der Waals surface area (Å²) in [5.41, 5.74) is 0.663. The van der Waals surface area contributed by atoms with Crippen LogP contribution in [0.4, 0.5) is 4.79 Å². The van der Waals surface area contributed by atoms with Crippen LogP contribution in [-0.2, 0) is 16.1 Å². The maximum Gasteiger partial charge on any atom is 0.407 e. The van der Waals surface area contributed by atoms with Crippen molar-refractivity contribution in [2.75, 3.05) is 13.1 Å². The number of likely N-dealkylation sites (tertiary alicyclic amines) is 1. The lowest BCUT2D eigenvalue weighted by Gasteiger charge is -2.38. The number of nitrogens with one attached hydrogen (secondary N) is 1. The van der Waals surface area contributed by atoms with Crippen molar-refractivity contribution in [3.63, 3.8) is 0 Å². The molecule has 0 atom stereocenters. The van der Waals surface area contributed by atoms with E-state index < -0.39 is 6.09 Å². The molecule has 20 heavy (non-hydrogen) atoms. The largest absolute Gasteiger partial charge is 0.445 e. The number of rotatable bonds is 4. The number of ether oxygens (including phenoxy) is 1. The second kappa shape index (κ2) is 6.41. The van der Waals surface area contributed by atoms with Crippen molar-refractivity contribution in [1.82, 2.24) is 10.2 Å². The third-order valence-corrected chi connectivity index (χ3v) is 3.67. The Kier molecular flexibility index (Phi) is 4.61. The molecule has 0 unspecified atom stereocenters. The Balaban J connectivity index is 1.78. The summed E-state index contributed by atoms with van der Waals surface area (Å²) >= 11 is 0. The first-order valence-corrected chi connectivity index (χ1v) is 6.79. The minimum atomic E-state index is -0.407. The molecule has 5 nitrogen and oxygen atoms in total. The van der Waals surface area contributed by atoms with Gasteiger partial charge < -0.3 is 15.0 Å². The Morgan fingerprint density at radius 2 is 2.00 bits per heavy atom. The molecule has 0 radical (unpaired) electrons. The maximum absolute atomic E-state index is 11.8. The molecule has 5 heteroatoms. The Labute approximate surface area is 118 Å². The molecule has 0 bridgehead atoms. The average molecular weight is 276 g/mol. The summed E-state index contributed by atoms with van der Waals surface area (Å²) in [6.45, 7) is 3.58. The van der Waals surface area contributed by atoms with Crippen LogP contribution in [0.2, 0.25) is 0 Å². The fourth-order valence-electron chi connectivity index (χ4n) is 2.25. The summed E-state index contributed by atoms with van der Waals surface area (Å²) in [5.74, 6) is 0. The second-order valence-corrected chi connectivity index (χ2v) is 5.39. The molecule has 0 aliphatic carbocycles. The number of nitrogens with zero attached hydrogens (tertiary/aromatic N) is 1. The van der Waals surface area contributed by atoms with Gasteiger partial charge in [0.2, 0.25) is 6.41 Å². The van der Waals surface area contributed by atoms with E-state index in [1.165, 1.54) is 0 Å². The Bertz CT molecular complexity index is 453. The average Bonchev–Trinajstić information content (AvgIpc) is 2.47. The highest BCUT2D eigenvalue weighted by Crippen LogP contribution is 2.21. The predicted octanol–water partition coefficient (Wildman–Crippen LogP) is 1.92. The van der Waals surface area contributed by atoms with E-state index in [1.54, 1.807) is 4.90 Å². The van der Waals surface area contributed by atoms with Gasteiger partial charge in [0, 0.05) is 18.6 Å². The number of carbonyl (C=O) groups is 2. The lowest BCUT2D eigenvalue weighted by Crippen LogP contribution is -2.53.